The lowest BCUT2D eigenvalue weighted by atomic mass is 9.92. The summed E-state index contributed by atoms with van der Waals surface area (Å²) in [6.07, 6.45) is 4.11. The van der Waals surface area contributed by atoms with Crippen LogP contribution in [0.15, 0.2) is 18.6 Å². The molecule has 6 nitrogen and oxygen atoms in total. The highest BCUT2D eigenvalue weighted by atomic mass is 16.3. The van der Waals surface area contributed by atoms with Crippen molar-refractivity contribution in [1.82, 2.24) is 4.98 Å². The van der Waals surface area contributed by atoms with Crippen LogP contribution in [0.25, 0.3) is 0 Å². The van der Waals surface area contributed by atoms with Gasteiger partial charge < -0.3 is 20.4 Å². The van der Waals surface area contributed by atoms with Crippen LogP contribution in [-0.2, 0) is 7.05 Å². The Bertz CT molecular complexity index is 350. The number of nitrogens with zero attached hydrogens (tertiary/aromatic N) is 2. The molecule has 0 fully saturated rings. The Morgan fingerprint density at radius 3 is 2.17 bits per heavy atom. The molecule has 0 spiro atoms. The summed E-state index contributed by atoms with van der Waals surface area (Å²) >= 11 is 0. The predicted molar refractivity (Wildman–Crippen MR) is 63.6 cm³/mol. The summed E-state index contributed by atoms with van der Waals surface area (Å²) in [6, 6.07) is 0. The van der Waals surface area contributed by atoms with Gasteiger partial charge in [-0.1, -0.05) is 0 Å². The molecule has 1 aromatic rings. The number of rotatable bonds is 7. The third-order valence-corrected chi connectivity index (χ3v) is 2.81. The Hall–Kier alpha value is -1.08. The van der Waals surface area contributed by atoms with Crippen molar-refractivity contribution in [2.75, 3.05) is 13.2 Å². The quantitative estimate of drug-likeness (QED) is 0.445. The van der Waals surface area contributed by atoms with Crippen molar-refractivity contribution in [3.05, 3.63) is 24.3 Å². The summed E-state index contributed by atoms with van der Waals surface area (Å²) in [7, 11) is 1.85. The van der Waals surface area contributed by atoms with E-state index >= 15 is 0 Å². The number of hydrogen-bond donors (Lipinski definition) is 4. The van der Waals surface area contributed by atoms with Gasteiger partial charge in [0.05, 0.1) is 31.6 Å². The second kappa shape index (κ2) is 7.38. The standard InChI is InChI=1S/C12H21N2O4/c1-14-3-2-13-12(6-14)9(4-10(17)7-15)5-11(18)8-16/h2-3,6,9-11,15-18H,4-5,7-8H2,1H3/q+1. The molecule has 6 heteroatoms. The number of aliphatic hydroxyl groups is 4. The van der Waals surface area contributed by atoms with Gasteiger partial charge in [-0.25, -0.2) is 9.55 Å². The van der Waals surface area contributed by atoms with Gasteiger partial charge in [-0.3, -0.25) is 0 Å². The van der Waals surface area contributed by atoms with Crippen LogP contribution in [0.3, 0.4) is 0 Å². The van der Waals surface area contributed by atoms with E-state index in [9.17, 15) is 10.2 Å². The molecule has 0 amide bonds. The van der Waals surface area contributed by atoms with Crippen molar-refractivity contribution in [1.29, 1.82) is 0 Å². The number of aromatic nitrogens is 2. The van der Waals surface area contributed by atoms with E-state index in [4.69, 9.17) is 10.2 Å². The Morgan fingerprint density at radius 1 is 1.17 bits per heavy atom. The first-order valence-electron chi connectivity index (χ1n) is 5.95. The van der Waals surface area contributed by atoms with Gasteiger partial charge in [0.1, 0.15) is 12.7 Å². The Kier molecular flexibility index (Phi) is 6.14. The third-order valence-electron chi connectivity index (χ3n) is 2.81. The van der Waals surface area contributed by atoms with Gasteiger partial charge in [0, 0.05) is 5.92 Å². The van der Waals surface area contributed by atoms with Crippen LogP contribution in [0.5, 0.6) is 0 Å². The fourth-order valence-corrected chi connectivity index (χ4v) is 1.86. The van der Waals surface area contributed by atoms with Crippen LogP contribution >= 0.6 is 0 Å². The largest absolute Gasteiger partial charge is 0.394 e. The summed E-state index contributed by atoms with van der Waals surface area (Å²) in [5.74, 6) is -0.207. The first-order valence-corrected chi connectivity index (χ1v) is 5.95. The maximum Gasteiger partial charge on any atom is 0.190 e. The summed E-state index contributed by atoms with van der Waals surface area (Å²) < 4.78 is 1.83. The lowest BCUT2D eigenvalue weighted by Gasteiger charge is -2.20. The van der Waals surface area contributed by atoms with Gasteiger partial charge in [-0.15, -0.1) is 0 Å². The fraction of sp³-hybridized carbons (Fsp3) is 0.667. The molecule has 4 N–H and O–H groups in total. The van der Waals surface area contributed by atoms with Crippen molar-refractivity contribution in [2.45, 2.75) is 31.0 Å². The summed E-state index contributed by atoms with van der Waals surface area (Å²) in [4.78, 5) is 4.21. The highest BCUT2D eigenvalue weighted by Gasteiger charge is 2.22. The minimum atomic E-state index is -0.854. The molecule has 1 aromatic heterocycles. The lowest BCUT2D eigenvalue weighted by Crippen LogP contribution is -2.30. The first kappa shape index (κ1) is 15.0. The molecule has 1 rings (SSSR count). The van der Waals surface area contributed by atoms with Crippen LogP contribution in [-0.4, -0.2) is 50.8 Å². The fourth-order valence-electron chi connectivity index (χ4n) is 1.86. The molecule has 2 atom stereocenters. The molecule has 0 bridgehead atoms. The van der Waals surface area contributed by atoms with Crippen molar-refractivity contribution in [3.63, 3.8) is 0 Å². The molecule has 18 heavy (non-hydrogen) atoms. The van der Waals surface area contributed by atoms with Gasteiger partial charge in [0.2, 0.25) is 0 Å². The van der Waals surface area contributed by atoms with Crippen molar-refractivity contribution in [3.8, 4) is 0 Å². The van der Waals surface area contributed by atoms with Gasteiger partial charge in [0.25, 0.3) is 0 Å². The molecule has 0 aliphatic carbocycles. The van der Waals surface area contributed by atoms with Crippen molar-refractivity contribution in [2.24, 2.45) is 7.05 Å². The highest BCUT2D eigenvalue weighted by molar-refractivity contribution is 5.02. The van der Waals surface area contributed by atoms with Crippen LogP contribution in [0.4, 0.5) is 0 Å². The van der Waals surface area contributed by atoms with E-state index in [0.717, 1.165) is 5.69 Å². The van der Waals surface area contributed by atoms with E-state index in [1.165, 1.54) is 0 Å². The van der Waals surface area contributed by atoms with Crippen LogP contribution < -0.4 is 4.57 Å². The predicted octanol–water partition coefficient (Wildman–Crippen LogP) is -1.52. The Balaban J connectivity index is 2.82. The number of aliphatic hydroxyl groups excluding tert-OH is 4. The summed E-state index contributed by atoms with van der Waals surface area (Å²) in [5, 5.41) is 36.8. The molecule has 102 valence electrons. The van der Waals surface area contributed by atoms with Gasteiger partial charge in [-0.2, -0.15) is 0 Å². The zero-order valence-corrected chi connectivity index (χ0v) is 10.5. The van der Waals surface area contributed by atoms with Crippen molar-refractivity contribution < 1.29 is 25.0 Å². The monoisotopic (exact) mass is 257 g/mol. The smallest absolute Gasteiger partial charge is 0.190 e. The topological polar surface area (TPSA) is 97.7 Å². The van der Waals surface area contributed by atoms with Gasteiger partial charge in [-0.05, 0) is 12.8 Å². The normalized spacial score (nSPS) is 16.3. The minimum absolute atomic E-state index is 0.207. The SMILES string of the molecule is C[n+]1ccnc(C(CC(O)CO)CC(O)CO)c1. The minimum Gasteiger partial charge on any atom is -0.394 e. The van der Waals surface area contributed by atoms with E-state index < -0.39 is 12.2 Å². The first-order chi connectivity index (χ1) is 8.56. The molecule has 2 unspecified atom stereocenters. The number of aryl methyl sites for hydroxylation is 1. The summed E-state index contributed by atoms with van der Waals surface area (Å²) in [6.45, 7) is -0.657. The lowest BCUT2D eigenvalue weighted by molar-refractivity contribution is -0.672. The Morgan fingerprint density at radius 2 is 1.72 bits per heavy atom. The molecule has 0 aliphatic heterocycles. The molecular weight excluding hydrogens is 236 g/mol. The second-order valence-corrected chi connectivity index (χ2v) is 4.49. The maximum atomic E-state index is 9.52. The maximum absolute atomic E-state index is 9.52. The average Bonchev–Trinajstić information content (AvgIpc) is 2.37. The van der Waals surface area contributed by atoms with Crippen LogP contribution in [0.2, 0.25) is 0 Å². The second-order valence-electron chi connectivity index (χ2n) is 4.49. The molecular formula is C12H21N2O4+. The van der Waals surface area contributed by atoms with Crippen LogP contribution in [0.1, 0.15) is 24.5 Å². The molecule has 0 aliphatic rings. The van der Waals surface area contributed by atoms with Crippen molar-refractivity contribution >= 4 is 0 Å². The van der Waals surface area contributed by atoms with E-state index in [1.54, 1.807) is 18.6 Å². The van der Waals surface area contributed by atoms with E-state index in [1.807, 2.05) is 11.6 Å². The summed E-state index contributed by atoms with van der Waals surface area (Å²) in [5.41, 5.74) is 0.722. The van der Waals surface area contributed by atoms with Crippen LogP contribution in [0, 0.1) is 0 Å². The average molecular weight is 257 g/mol. The van der Waals surface area contributed by atoms with E-state index in [0.29, 0.717) is 12.8 Å². The third kappa shape index (κ3) is 4.66. The zero-order chi connectivity index (χ0) is 13.5. The Labute approximate surface area is 106 Å². The van der Waals surface area contributed by atoms with E-state index in [-0.39, 0.29) is 19.1 Å². The van der Waals surface area contributed by atoms with Gasteiger partial charge >= 0.3 is 0 Å². The zero-order valence-electron chi connectivity index (χ0n) is 10.5. The molecule has 0 saturated carbocycles. The molecule has 0 aromatic carbocycles. The molecule has 0 saturated heterocycles. The highest BCUT2D eigenvalue weighted by Crippen LogP contribution is 2.24. The molecule has 1 heterocycles. The number of hydrogen-bond acceptors (Lipinski definition) is 5. The molecule has 0 radical (unpaired) electrons. The van der Waals surface area contributed by atoms with Gasteiger partial charge in [0.15, 0.2) is 12.4 Å². The van der Waals surface area contributed by atoms with E-state index in [2.05, 4.69) is 4.98 Å².